The van der Waals surface area contributed by atoms with Gasteiger partial charge in [0.25, 0.3) is 0 Å². The van der Waals surface area contributed by atoms with E-state index in [0.29, 0.717) is 13.2 Å². The second-order valence-corrected chi connectivity index (χ2v) is 6.35. The van der Waals surface area contributed by atoms with Crippen molar-refractivity contribution in [2.45, 2.75) is 32.2 Å². The van der Waals surface area contributed by atoms with Crippen LogP contribution >= 0.6 is 0 Å². The van der Waals surface area contributed by atoms with Crippen molar-refractivity contribution >= 4 is 5.91 Å². The summed E-state index contributed by atoms with van der Waals surface area (Å²) in [7, 11) is 3.37. The van der Waals surface area contributed by atoms with Gasteiger partial charge >= 0.3 is 0 Å². The number of hydrogen-bond donors (Lipinski definition) is 0. The van der Waals surface area contributed by atoms with Crippen molar-refractivity contribution in [3.63, 3.8) is 0 Å². The number of hydrogen-bond acceptors (Lipinski definition) is 4. The van der Waals surface area contributed by atoms with Gasteiger partial charge in [-0.05, 0) is 30.5 Å². The average molecular weight is 334 g/mol. The first-order chi connectivity index (χ1) is 11.7. The van der Waals surface area contributed by atoms with Gasteiger partial charge in [-0.25, -0.2) is 0 Å². The van der Waals surface area contributed by atoms with E-state index < -0.39 is 0 Å². The molecule has 0 aliphatic carbocycles. The molecule has 5 nitrogen and oxygen atoms in total. The average Bonchev–Trinajstić information content (AvgIpc) is 2.89. The van der Waals surface area contributed by atoms with Crippen LogP contribution in [-0.2, 0) is 16.1 Å². The molecule has 0 bridgehead atoms. The van der Waals surface area contributed by atoms with Gasteiger partial charge in [-0.2, -0.15) is 0 Å². The van der Waals surface area contributed by atoms with Gasteiger partial charge in [-0.3, -0.25) is 9.69 Å². The fourth-order valence-electron chi connectivity index (χ4n) is 3.07. The van der Waals surface area contributed by atoms with Crippen molar-refractivity contribution in [1.82, 2.24) is 9.80 Å². The van der Waals surface area contributed by atoms with E-state index >= 15 is 0 Å². The zero-order chi connectivity index (χ0) is 17.2. The van der Waals surface area contributed by atoms with Crippen LogP contribution in [0.15, 0.2) is 24.3 Å². The van der Waals surface area contributed by atoms with Crippen molar-refractivity contribution in [3.05, 3.63) is 29.8 Å². The van der Waals surface area contributed by atoms with Crippen LogP contribution in [0, 0.1) is 0 Å². The molecule has 0 radical (unpaired) electrons. The van der Waals surface area contributed by atoms with Crippen LogP contribution in [0.5, 0.6) is 5.75 Å². The van der Waals surface area contributed by atoms with E-state index in [2.05, 4.69) is 11.0 Å². The molecule has 1 amide bonds. The molecule has 0 saturated carbocycles. The summed E-state index contributed by atoms with van der Waals surface area (Å²) >= 11 is 0. The molecule has 1 saturated heterocycles. The largest absolute Gasteiger partial charge is 0.497 e. The van der Waals surface area contributed by atoms with E-state index in [1.807, 2.05) is 23.1 Å². The molecule has 0 aromatic heterocycles. The second kappa shape index (κ2) is 10.3. The number of carbonyl (C=O) groups excluding carboxylic acids is 1. The summed E-state index contributed by atoms with van der Waals surface area (Å²) in [6.07, 6.45) is 4.72. The first-order valence-corrected chi connectivity index (χ1v) is 8.85. The minimum Gasteiger partial charge on any atom is -0.497 e. The van der Waals surface area contributed by atoms with E-state index in [1.54, 1.807) is 14.2 Å². The molecule has 2 rings (SSSR count). The van der Waals surface area contributed by atoms with Gasteiger partial charge in [0.15, 0.2) is 0 Å². The lowest BCUT2D eigenvalue weighted by molar-refractivity contribution is -0.132. The van der Waals surface area contributed by atoms with Crippen LogP contribution in [0.1, 0.15) is 31.2 Å². The van der Waals surface area contributed by atoms with Crippen molar-refractivity contribution in [3.8, 4) is 5.75 Å². The summed E-state index contributed by atoms with van der Waals surface area (Å²) < 4.78 is 10.5. The second-order valence-electron chi connectivity index (χ2n) is 6.35. The lowest BCUT2D eigenvalue weighted by Gasteiger charge is -2.26. The van der Waals surface area contributed by atoms with Crippen LogP contribution in [0.25, 0.3) is 0 Å². The van der Waals surface area contributed by atoms with Crippen LogP contribution in [0.2, 0.25) is 0 Å². The summed E-state index contributed by atoms with van der Waals surface area (Å²) in [5.74, 6) is 1.08. The maximum Gasteiger partial charge on any atom is 0.236 e. The monoisotopic (exact) mass is 334 g/mol. The zero-order valence-corrected chi connectivity index (χ0v) is 15.0. The van der Waals surface area contributed by atoms with Crippen molar-refractivity contribution < 1.29 is 14.3 Å². The minimum absolute atomic E-state index is 0.232. The fraction of sp³-hybridized carbons (Fsp3) is 0.632. The number of benzene rings is 1. The molecule has 1 aliphatic heterocycles. The first kappa shape index (κ1) is 18.7. The lowest BCUT2D eigenvalue weighted by Crippen LogP contribution is -2.41. The first-order valence-electron chi connectivity index (χ1n) is 8.85. The Bertz CT molecular complexity index is 499. The standard InChI is InChI=1S/C19H30N2O3/c1-23-13-12-20(15-17-8-7-9-18(14-17)24-2)16-19(22)21-10-5-3-4-6-11-21/h7-9,14H,3-6,10-13,15-16H2,1-2H3. The number of rotatable bonds is 8. The summed E-state index contributed by atoms with van der Waals surface area (Å²) in [6.45, 7) is 4.33. The van der Waals surface area contributed by atoms with Gasteiger partial charge in [0, 0.05) is 33.3 Å². The molecule has 0 atom stereocenters. The number of likely N-dealkylation sites (tertiary alicyclic amines) is 1. The quantitative estimate of drug-likeness (QED) is 0.733. The van der Waals surface area contributed by atoms with Gasteiger partial charge in [-0.15, -0.1) is 0 Å². The maximum absolute atomic E-state index is 12.7. The van der Waals surface area contributed by atoms with Crippen LogP contribution in [0.3, 0.4) is 0 Å². The minimum atomic E-state index is 0.232. The van der Waals surface area contributed by atoms with Crippen LogP contribution in [0.4, 0.5) is 0 Å². The van der Waals surface area contributed by atoms with Crippen molar-refractivity contribution in [2.24, 2.45) is 0 Å². The number of nitrogens with zero attached hydrogens (tertiary/aromatic N) is 2. The van der Waals surface area contributed by atoms with Gasteiger partial charge in [0.1, 0.15) is 5.75 Å². The smallest absolute Gasteiger partial charge is 0.236 e. The van der Waals surface area contributed by atoms with Gasteiger partial charge in [-0.1, -0.05) is 25.0 Å². The highest BCUT2D eigenvalue weighted by molar-refractivity contribution is 5.78. The normalized spacial score (nSPS) is 15.4. The van der Waals surface area contributed by atoms with E-state index in [-0.39, 0.29) is 5.91 Å². The topological polar surface area (TPSA) is 42.0 Å². The fourth-order valence-corrected chi connectivity index (χ4v) is 3.07. The highest BCUT2D eigenvalue weighted by Crippen LogP contribution is 2.15. The van der Waals surface area contributed by atoms with Crippen LogP contribution < -0.4 is 4.74 Å². The van der Waals surface area contributed by atoms with Gasteiger partial charge in [0.2, 0.25) is 5.91 Å². The summed E-state index contributed by atoms with van der Waals surface area (Å²) in [5.41, 5.74) is 1.15. The van der Waals surface area contributed by atoms with Gasteiger partial charge < -0.3 is 14.4 Å². The Balaban J connectivity index is 1.96. The molecule has 1 aromatic rings. The third kappa shape index (κ3) is 6.13. The molecule has 1 fully saturated rings. The van der Waals surface area contributed by atoms with E-state index in [4.69, 9.17) is 9.47 Å². The number of amides is 1. The molecule has 1 heterocycles. The Morgan fingerprint density at radius 2 is 1.92 bits per heavy atom. The van der Waals surface area contributed by atoms with E-state index in [9.17, 15) is 4.79 Å². The van der Waals surface area contributed by atoms with E-state index in [0.717, 1.165) is 50.3 Å². The third-order valence-corrected chi connectivity index (χ3v) is 4.47. The highest BCUT2D eigenvalue weighted by Gasteiger charge is 2.19. The van der Waals surface area contributed by atoms with E-state index in [1.165, 1.54) is 12.8 Å². The molecule has 5 heteroatoms. The SMILES string of the molecule is COCCN(CC(=O)N1CCCCCC1)Cc1cccc(OC)c1. The van der Waals surface area contributed by atoms with Crippen molar-refractivity contribution in [2.75, 3.05) is 47.0 Å². The predicted octanol–water partition coefficient (Wildman–Crippen LogP) is 2.55. The molecule has 1 aromatic carbocycles. The lowest BCUT2D eigenvalue weighted by atomic mass is 10.2. The Kier molecular flexibility index (Phi) is 8.05. The molecular weight excluding hydrogens is 304 g/mol. The Morgan fingerprint density at radius 1 is 1.17 bits per heavy atom. The van der Waals surface area contributed by atoms with Gasteiger partial charge in [0.05, 0.1) is 20.3 Å². The number of methoxy groups -OCH3 is 2. The number of ether oxygens (including phenoxy) is 2. The predicted molar refractivity (Wildman–Crippen MR) is 95.2 cm³/mol. The molecule has 1 aliphatic rings. The molecule has 0 N–H and O–H groups in total. The van der Waals surface area contributed by atoms with Crippen LogP contribution in [-0.4, -0.2) is 62.7 Å². The Labute approximate surface area is 145 Å². The third-order valence-electron chi connectivity index (χ3n) is 4.47. The molecule has 0 unspecified atom stereocenters. The number of carbonyl (C=O) groups is 1. The molecule has 0 spiro atoms. The zero-order valence-electron chi connectivity index (χ0n) is 15.0. The maximum atomic E-state index is 12.7. The summed E-state index contributed by atoms with van der Waals surface area (Å²) in [5, 5.41) is 0. The highest BCUT2D eigenvalue weighted by atomic mass is 16.5. The summed E-state index contributed by atoms with van der Waals surface area (Å²) in [4.78, 5) is 16.8. The summed E-state index contributed by atoms with van der Waals surface area (Å²) in [6, 6.07) is 8.01. The Hall–Kier alpha value is -1.59. The Morgan fingerprint density at radius 3 is 2.58 bits per heavy atom. The molecule has 24 heavy (non-hydrogen) atoms. The molecule has 134 valence electrons. The van der Waals surface area contributed by atoms with Crippen molar-refractivity contribution in [1.29, 1.82) is 0 Å². The molecular formula is C19H30N2O3.